The summed E-state index contributed by atoms with van der Waals surface area (Å²) in [6.07, 6.45) is 0.498. The number of pyridine rings is 1. The molecule has 0 spiro atoms. The Morgan fingerprint density at radius 3 is 2.16 bits per heavy atom. The molecule has 6 rings (SSSR count). The number of hydrogen-bond donors (Lipinski definition) is 2. The molecule has 2 N–H and O–H groups in total. The van der Waals surface area contributed by atoms with Crippen molar-refractivity contribution in [3.63, 3.8) is 0 Å². The Bertz CT molecular complexity index is 1880. The van der Waals surface area contributed by atoms with Crippen LogP contribution in [0.25, 0.3) is 21.9 Å². The summed E-state index contributed by atoms with van der Waals surface area (Å²) in [5, 5.41) is 10.6. The Morgan fingerprint density at radius 2 is 1.47 bits per heavy atom. The lowest BCUT2D eigenvalue weighted by atomic mass is 9.73. The smallest absolute Gasteiger partial charge is 0.303 e. The number of ether oxygens (including phenoxy) is 2. The number of benzene rings is 4. The van der Waals surface area contributed by atoms with Crippen molar-refractivity contribution >= 4 is 27.9 Å². The maximum absolute atomic E-state index is 11.6. The first-order valence-electron chi connectivity index (χ1n) is 14.3. The highest BCUT2D eigenvalue weighted by molar-refractivity contribution is 5.79. The van der Waals surface area contributed by atoms with Crippen LogP contribution < -0.4 is 9.47 Å². The zero-order valence-corrected chi connectivity index (χ0v) is 24.2. The lowest BCUT2D eigenvalue weighted by Crippen LogP contribution is -2.25. The number of nitrogens with zero attached hydrogens (tertiary/aromatic N) is 2. The number of carbonyl (C=O) groups is 1. The number of para-hydroxylation sites is 2. The molecule has 43 heavy (non-hydrogen) atoms. The number of H-pyrrole nitrogens is 1. The molecule has 2 heterocycles. The van der Waals surface area contributed by atoms with Gasteiger partial charge in [0, 0.05) is 22.8 Å². The monoisotopic (exact) mass is 571 g/mol. The van der Waals surface area contributed by atoms with Gasteiger partial charge in [0.25, 0.3) is 0 Å². The predicted molar refractivity (Wildman–Crippen MR) is 167 cm³/mol. The molecule has 216 valence electrons. The van der Waals surface area contributed by atoms with Crippen LogP contribution in [-0.2, 0) is 23.4 Å². The molecule has 0 aliphatic rings. The molecule has 6 aromatic rings. The summed E-state index contributed by atoms with van der Waals surface area (Å²) in [6, 6.07) is 33.9. The van der Waals surface area contributed by atoms with Crippen LogP contribution in [0.15, 0.2) is 103 Å². The van der Waals surface area contributed by atoms with Crippen molar-refractivity contribution in [3.8, 4) is 11.5 Å². The number of rotatable bonds is 11. The van der Waals surface area contributed by atoms with E-state index in [2.05, 4.69) is 27.9 Å². The molecule has 0 radical (unpaired) electrons. The summed E-state index contributed by atoms with van der Waals surface area (Å²) in [6.45, 7) is 4.78. The molecule has 7 nitrogen and oxygen atoms in total. The van der Waals surface area contributed by atoms with Crippen LogP contribution in [0.2, 0.25) is 0 Å². The summed E-state index contributed by atoms with van der Waals surface area (Å²) in [7, 11) is 0. The van der Waals surface area contributed by atoms with Crippen molar-refractivity contribution in [2.24, 2.45) is 0 Å². The topological polar surface area (TPSA) is 97.3 Å². The van der Waals surface area contributed by atoms with Gasteiger partial charge in [0.05, 0.1) is 22.2 Å². The molecule has 0 bridgehead atoms. The van der Waals surface area contributed by atoms with Crippen molar-refractivity contribution in [2.45, 2.75) is 45.3 Å². The molecule has 0 saturated carbocycles. The van der Waals surface area contributed by atoms with Gasteiger partial charge in [-0.1, -0.05) is 67.6 Å². The molecular formula is C36H33N3O4. The van der Waals surface area contributed by atoms with Crippen molar-refractivity contribution in [2.75, 3.05) is 0 Å². The Kier molecular flexibility index (Phi) is 7.79. The van der Waals surface area contributed by atoms with E-state index in [-0.39, 0.29) is 6.42 Å². The molecule has 0 aliphatic carbocycles. The van der Waals surface area contributed by atoms with Crippen molar-refractivity contribution < 1.29 is 19.4 Å². The minimum Gasteiger partial charge on any atom is -0.489 e. The average molecular weight is 572 g/mol. The van der Waals surface area contributed by atoms with Crippen LogP contribution in [0, 0.1) is 6.92 Å². The van der Waals surface area contributed by atoms with Crippen LogP contribution in [0.1, 0.15) is 48.0 Å². The molecule has 0 saturated heterocycles. The van der Waals surface area contributed by atoms with E-state index < -0.39 is 11.4 Å². The van der Waals surface area contributed by atoms with Gasteiger partial charge in [-0.2, -0.15) is 0 Å². The number of aryl methyl sites for hydroxylation is 1. The lowest BCUT2D eigenvalue weighted by molar-refractivity contribution is -0.137. The zero-order valence-electron chi connectivity index (χ0n) is 24.2. The van der Waals surface area contributed by atoms with Crippen LogP contribution >= 0.6 is 0 Å². The van der Waals surface area contributed by atoms with Crippen LogP contribution in [-0.4, -0.2) is 26.0 Å². The van der Waals surface area contributed by atoms with Gasteiger partial charge in [-0.3, -0.25) is 4.79 Å². The summed E-state index contributed by atoms with van der Waals surface area (Å²) in [5.41, 5.74) is 6.22. The highest BCUT2D eigenvalue weighted by Crippen LogP contribution is 2.38. The second-order valence-electron chi connectivity index (χ2n) is 11.0. The SMILES string of the molecule is Cc1nc2c(COc3ccc(C(C)(CCC(=O)O)c4ccc(OCc5ccc6ccccc6n5)cc4)cc3)cccc2[nH]1. The molecule has 0 aliphatic heterocycles. The Hall–Kier alpha value is -5.17. The van der Waals surface area contributed by atoms with E-state index >= 15 is 0 Å². The lowest BCUT2D eigenvalue weighted by Gasteiger charge is -2.31. The number of aromatic nitrogens is 3. The number of hydrogen-bond acceptors (Lipinski definition) is 5. The van der Waals surface area contributed by atoms with E-state index in [1.165, 1.54) is 0 Å². The summed E-state index contributed by atoms with van der Waals surface area (Å²) >= 11 is 0. The largest absolute Gasteiger partial charge is 0.489 e. The summed E-state index contributed by atoms with van der Waals surface area (Å²) < 4.78 is 12.2. The second-order valence-corrected chi connectivity index (χ2v) is 11.0. The quantitative estimate of drug-likeness (QED) is 0.165. The van der Waals surface area contributed by atoms with E-state index in [0.29, 0.717) is 19.6 Å². The molecule has 7 heteroatoms. The van der Waals surface area contributed by atoms with E-state index in [0.717, 1.165) is 61.6 Å². The van der Waals surface area contributed by atoms with Crippen molar-refractivity contribution in [3.05, 3.63) is 131 Å². The average Bonchev–Trinajstić information content (AvgIpc) is 3.43. The van der Waals surface area contributed by atoms with Gasteiger partial charge >= 0.3 is 5.97 Å². The maximum Gasteiger partial charge on any atom is 0.303 e. The number of aliphatic carboxylic acids is 1. The van der Waals surface area contributed by atoms with E-state index in [9.17, 15) is 9.90 Å². The fourth-order valence-electron chi connectivity index (χ4n) is 5.49. The Morgan fingerprint density at radius 1 is 0.791 bits per heavy atom. The van der Waals surface area contributed by atoms with Crippen molar-refractivity contribution in [1.29, 1.82) is 0 Å². The van der Waals surface area contributed by atoms with E-state index in [1.54, 1.807) is 0 Å². The highest BCUT2D eigenvalue weighted by atomic mass is 16.5. The number of aromatic amines is 1. The van der Waals surface area contributed by atoms with E-state index in [4.69, 9.17) is 9.47 Å². The Labute approximate surface area is 250 Å². The van der Waals surface area contributed by atoms with Crippen LogP contribution in [0.4, 0.5) is 0 Å². The minimum atomic E-state index is -0.822. The van der Waals surface area contributed by atoms with Crippen LogP contribution in [0.3, 0.4) is 0 Å². The van der Waals surface area contributed by atoms with Gasteiger partial charge < -0.3 is 19.6 Å². The standard InChI is InChI=1S/C36H33N3O4/c1-24-37-33-9-5-7-26(35(33)38-24)22-42-30-16-11-27(12-17-30)36(2,21-20-34(40)41)28-13-18-31(19-14-28)43-23-29-15-10-25-6-3-4-8-32(25)39-29/h3-19H,20-23H2,1-2H3,(H,37,38)(H,40,41). The van der Waals surface area contributed by atoms with Gasteiger partial charge in [-0.25, -0.2) is 9.97 Å². The predicted octanol–water partition coefficient (Wildman–Crippen LogP) is 7.75. The molecule has 1 unspecified atom stereocenters. The third-order valence-corrected chi connectivity index (χ3v) is 7.97. The van der Waals surface area contributed by atoms with Gasteiger partial charge in [0.2, 0.25) is 0 Å². The third kappa shape index (κ3) is 6.21. The fraction of sp³-hybridized carbons (Fsp3) is 0.194. The molecule has 1 atom stereocenters. The number of imidazole rings is 1. The van der Waals surface area contributed by atoms with Crippen molar-refractivity contribution in [1.82, 2.24) is 15.0 Å². The minimum absolute atomic E-state index is 0.0493. The number of fused-ring (bicyclic) bond motifs is 2. The molecule has 2 aromatic heterocycles. The first-order valence-corrected chi connectivity index (χ1v) is 14.3. The fourth-order valence-corrected chi connectivity index (χ4v) is 5.49. The van der Waals surface area contributed by atoms with Gasteiger partial charge in [-0.15, -0.1) is 0 Å². The maximum atomic E-state index is 11.6. The first kappa shape index (κ1) is 28.0. The first-order chi connectivity index (χ1) is 20.9. The summed E-state index contributed by atoms with van der Waals surface area (Å²) in [4.78, 5) is 24.1. The van der Waals surface area contributed by atoms with Gasteiger partial charge in [0.1, 0.15) is 30.5 Å². The molecule has 4 aromatic carbocycles. The van der Waals surface area contributed by atoms with Gasteiger partial charge in [0.15, 0.2) is 0 Å². The number of carboxylic acids is 1. The van der Waals surface area contributed by atoms with Gasteiger partial charge in [-0.05, 0) is 66.9 Å². The number of carboxylic acid groups (broad SMARTS) is 1. The molecular weight excluding hydrogens is 538 g/mol. The third-order valence-electron chi connectivity index (χ3n) is 7.97. The molecule has 0 fully saturated rings. The van der Waals surface area contributed by atoms with E-state index in [1.807, 2.05) is 104 Å². The Balaban J connectivity index is 1.16. The summed E-state index contributed by atoms with van der Waals surface area (Å²) in [5.74, 6) is 1.51. The van der Waals surface area contributed by atoms with Crippen LogP contribution in [0.5, 0.6) is 11.5 Å². The zero-order chi connectivity index (χ0) is 29.8. The normalized spacial score (nSPS) is 12.7. The number of nitrogens with one attached hydrogen (secondary N) is 1. The second kappa shape index (κ2) is 12.0. The molecule has 0 amide bonds. The highest BCUT2D eigenvalue weighted by Gasteiger charge is 2.30.